The first-order valence-electron chi connectivity index (χ1n) is 9.95. The van der Waals surface area contributed by atoms with Gasteiger partial charge in [-0.3, -0.25) is 0 Å². The molecule has 0 radical (unpaired) electrons. The van der Waals surface area contributed by atoms with Crippen molar-refractivity contribution in [2.45, 2.75) is 25.8 Å². The van der Waals surface area contributed by atoms with Gasteiger partial charge in [0, 0.05) is 49.9 Å². The molecule has 0 spiro atoms. The van der Waals surface area contributed by atoms with Crippen LogP contribution in [0.1, 0.15) is 20.3 Å². The van der Waals surface area contributed by atoms with Crippen molar-refractivity contribution in [2.24, 2.45) is 0 Å². The van der Waals surface area contributed by atoms with Crippen LogP contribution in [0.15, 0.2) is 42.7 Å². The van der Waals surface area contributed by atoms with E-state index in [1.807, 2.05) is 18.2 Å². The van der Waals surface area contributed by atoms with Crippen LogP contribution in [0.2, 0.25) is 0 Å². The summed E-state index contributed by atoms with van der Waals surface area (Å²) in [4.78, 5) is 13.9. The zero-order chi connectivity index (χ0) is 19.6. The van der Waals surface area contributed by atoms with Gasteiger partial charge in [-0.15, -0.1) is 0 Å². The molecule has 3 heterocycles. The maximum atomic E-state index is 4.66. The predicted molar refractivity (Wildman–Crippen MR) is 112 cm³/mol. The van der Waals surface area contributed by atoms with Crippen LogP contribution in [-0.2, 0) is 0 Å². The SMILES string of the molecule is CN1CCN(CCC(C)(C)Nc2cc(-c3ccccc3)nc3ncnn23)CC1. The Morgan fingerprint density at radius 1 is 1.07 bits per heavy atom. The fourth-order valence-electron chi connectivity index (χ4n) is 3.58. The maximum absolute atomic E-state index is 4.66. The first kappa shape index (κ1) is 18.8. The molecule has 1 fully saturated rings. The summed E-state index contributed by atoms with van der Waals surface area (Å²) in [6.07, 6.45) is 2.61. The standard InChI is InChI=1S/C21H29N7/c1-21(2,9-10-27-13-11-26(3)12-14-27)25-19-15-18(17-7-5-4-6-8-17)24-20-22-16-23-28(19)20/h4-8,15-16,25H,9-14H2,1-3H3. The van der Waals surface area contributed by atoms with E-state index < -0.39 is 0 Å². The normalized spacial score (nSPS) is 16.5. The van der Waals surface area contributed by atoms with Crippen LogP contribution in [0.4, 0.5) is 5.82 Å². The number of piperazine rings is 1. The zero-order valence-corrected chi connectivity index (χ0v) is 17.0. The molecule has 1 aliphatic rings. The van der Waals surface area contributed by atoms with E-state index in [0.29, 0.717) is 5.78 Å². The highest BCUT2D eigenvalue weighted by Crippen LogP contribution is 2.24. The van der Waals surface area contributed by atoms with Gasteiger partial charge in [0.25, 0.3) is 5.78 Å². The van der Waals surface area contributed by atoms with Crippen molar-refractivity contribution in [1.82, 2.24) is 29.4 Å². The van der Waals surface area contributed by atoms with E-state index in [9.17, 15) is 0 Å². The molecule has 0 unspecified atom stereocenters. The van der Waals surface area contributed by atoms with E-state index in [1.165, 1.54) is 0 Å². The van der Waals surface area contributed by atoms with Gasteiger partial charge in [-0.05, 0) is 27.3 Å². The van der Waals surface area contributed by atoms with E-state index in [1.54, 1.807) is 10.8 Å². The van der Waals surface area contributed by atoms with Crippen molar-refractivity contribution in [1.29, 1.82) is 0 Å². The van der Waals surface area contributed by atoms with Gasteiger partial charge in [0.2, 0.25) is 0 Å². The minimum Gasteiger partial charge on any atom is -0.365 e. The van der Waals surface area contributed by atoms with E-state index in [-0.39, 0.29) is 5.54 Å². The van der Waals surface area contributed by atoms with Gasteiger partial charge in [-0.1, -0.05) is 30.3 Å². The Balaban J connectivity index is 1.52. The van der Waals surface area contributed by atoms with Gasteiger partial charge in [-0.2, -0.15) is 14.6 Å². The van der Waals surface area contributed by atoms with Gasteiger partial charge < -0.3 is 15.1 Å². The Labute approximate surface area is 166 Å². The van der Waals surface area contributed by atoms with E-state index in [0.717, 1.165) is 56.2 Å². The summed E-state index contributed by atoms with van der Waals surface area (Å²) in [5.74, 6) is 1.53. The molecule has 7 heteroatoms. The number of hydrogen-bond donors (Lipinski definition) is 1. The quantitative estimate of drug-likeness (QED) is 0.710. The van der Waals surface area contributed by atoms with Crippen LogP contribution in [0, 0.1) is 0 Å². The summed E-state index contributed by atoms with van der Waals surface area (Å²) in [6, 6.07) is 12.3. The minimum absolute atomic E-state index is 0.0719. The van der Waals surface area contributed by atoms with Crippen molar-refractivity contribution >= 4 is 11.6 Å². The Hall–Kier alpha value is -2.51. The third kappa shape index (κ3) is 4.31. The van der Waals surface area contributed by atoms with Crippen LogP contribution in [0.3, 0.4) is 0 Å². The molecule has 3 aromatic rings. The van der Waals surface area contributed by atoms with Crippen LogP contribution in [-0.4, -0.2) is 74.7 Å². The van der Waals surface area contributed by atoms with Gasteiger partial charge in [0.15, 0.2) is 0 Å². The van der Waals surface area contributed by atoms with Crippen LogP contribution < -0.4 is 5.32 Å². The molecule has 1 N–H and O–H groups in total. The number of hydrogen-bond acceptors (Lipinski definition) is 6. The van der Waals surface area contributed by atoms with E-state index in [4.69, 9.17) is 0 Å². The van der Waals surface area contributed by atoms with Crippen LogP contribution >= 0.6 is 0 Å². The summed E-state index contributed by atoms with van der Waals surface area (Å²) < 4.78 is 1.78. The highest BCUT2D eigenvalue weighted by molar-refractivity contribution is 5.65. The molecule has 4 rings (SSSR count). The molecule has 1 saturated heterocycles. The molecular weight excluding hydrogens is 350 g/mol. The highest BCUT2D eigenvalue weighted by atomic mass is 15.4. The Bertz CT molecular complexity index is 911. The number of nitrogens with zero attached hydrogens (tertiary/aromatic N) is 6. The molecule has 7 nitrogen and oxygen atoms in total. The van der Waals surface area contributed by atoms with Gasteiger partial charge in [0.05, 0.1) is 5.69 Å². The maximum Gasteiger partial charge on any atom is 0.254 e. The summed E-state index contributed by atoms with van der Waals surface area (Å²) in [5.41, 5.74) is 1.90. The van der Waals surface area contributed by atoms with Crippen molar-refractivity contribution in [3.05, 3.63) is 42.7 Å². The monoisotopic (exact) mass is 379 g/mol. The van der Waals surface area contributed by atoms with Gasteiger partial charge in [0.1, 0.15) is 12.1 Å². The lowest BCUT2D eigenvalue weighted by molar-refractivity contribution is 0.147. The zero-order valence-electron chi connectivity index (χ0n) is 17.0. The molecule has 1 aliphatic heterocycles. The largest absolute Gasteiger partial charge is 0.365 e. The minimum atomic E-state index is -0.0719. The van der Waals surface area contributed by atoms with Gasteiger partial charge >= 0.3 is 0 Å². The fourth-order valence-corrected chi connectivity index (χ4v) is 3.58. The third-order valence-electron chi connectivity index (χ3n) is 5.44. The molecule has 0 amide bonds. The Kier molecular flexibility index (Phi) is 5.28. The molecule has 1 aromatic carbocycles. The second-order valence-corrected chi connectivity index (χ2v) is 8.27. The Morgan fingerprint density at radius 3 is 2.57 bits per heavy atom. The van der Waals surface area contributed by atoms with Crippen molar-refractivity contribution in [2.75, 3.05) is 45.1 Å². The summed E-state index contributed by atoms with van der Waals surface area (Å²) in [5, 5.41) is 8.05. The van der Waals surface area contributed by atoms with Crippen LogP contribution in [0.25, 0.3) is 17.0 Å². The van der Waals surface area contributed by atoms with E-state index >= 15 is 0 Å². The smallest absolute Gasteiger partial charge is 0.254 e. The highest BCUT2D eigenvalue weighted by Gasteiger charge is 2.22. The lowest BCUT2D eigenvalue weighted by Crippen LogP contribution is -2.46. The predicted octanol–water partition coefficient (Wildman–Crippen LogP) is 2.62. The Morgan fingerprint density at radius 2 is 1.82 bits per heavy atom. The van der Waals surface area contributed by atoms with E-state index in [2.05, 4.69) is 69.3 Å². The number of nitrogens with one attached hydrogen (secondary N) is 1. The average molecular weight is 380 g/mol. The number of benzene rings is 1. The van der Waals surface area contributed by atoms with Crippen molar-refractivity contribution < 1.29 is 0 Å². The molecular formula is C21H29N7. The van der Waals surface area contributed by atoms with Gasteiger partial charge in [-0.25, -0.2) is 4.98 Å². The second kappa shape index (κ2) is 7.85. The third-order valence-corrected chi connectivity index (χ3v) is 5.44. The molecule has 0 saturated carbocycles. The lowest BCUT2D eigenvalue weighted by Gasteiger charge is -2.35. The molecule has 2 aromatic heterocycles. The summed E-state index contributed by atoms with van der Waals surface area (Å²) in [6.45, 7) is 10.2. The summed E-state index contributed by atoms with van der Waals surface area (Å²) >= 11 is 0. The second-order valence-electron chi connectivity index (χ2n) is 8.27. The number of anilines is 1. The van der Waals surface area contributed by atoms with Crippen molar-refractivity contribution in [3.8, 4) is 11.3 Å². The number of fused-ring (bicyclic) bond motifs is 1. The molecule has 148 valence electrons. The first-order valence-corrected chi connectivity index (χ1v) is 9.95. The summed E-state index contributed by atoms with van der Waals surface area (Å²) in [7, 11) is 2.19. The topological polar surface area (TPSA) is 61.6 Å². The molecule has 0 atom stereocenters. The molecule has 0 aliphatic carbocycles. The van der Waals surface area contributed by atoms with Crippen molar-refractivity contribution in [3.63, 3.8) is 0 Å². The number of rotatable bonds is 6. The molecule has 28 heavy (non-hydrogen) atoms. The molecule has 0 bridgehead atoms. The van der Waals surface area contributed by atoms with Crippen LogP contribution in [0.5, 0.6) is 0 Å². The first-order chi connectivity index (χ1) is 13.5. The average Bonchev–Trinajstić information content (AvgIpc) is 3.17. The lowest BCUT2D eigenvalue weighted by atomic mass is 10.00. The number of likely N-dealkylation sites (N-methyl/N-ethyl adjacent to an activating group) is 1. The number of aromatic nitrogens is 4. The fraction of sp³-hybridized carbons (Fsp3) is 0.476.